The normalized spacial score (nSPS) is 18.8. The van der Waals surface area contributed by atoms with E-state index >= 15 is 0 Å². The van der Waals surface area contributed by atoms with Crippen molar-refractivity contribution in [1.29, 1.82) is 0 Å². The van der Waals surface area contributed by atoms with Gasteiger partial charge in [0, 0.05) is 6.42 Å². The molecular weight excluding hydrogens is 248 g/mol. The standard InChI is InChI=1S/C17H26N2O/c1-13-4-6-16(7-5-13)14(2)18-17(20)12-15-8-10-19(3)11-9-15/h4-7,14-15H,8-12H2,1-3H3,(H,18,20). The molecule has 1 atom stereocenters. The molecule has 1 fully saturated rings. The molecule has 1 N–H and O–H groups in total. The van der Waals surface area contributed by atoms with Gasteiger partial charge in [-0.25, -0.2) is 0 Å². The van der Waals surface area contributed by atoms with E-state index < -0.39 is 0 Å². The molecule has 0 aliphatic carbocycles. The van der Waals surface area contributed by atoms with E-state index in [2.05, 4.69) is 55.4 Å². The van der Waals surface area contributed by atoms with Crippen molar-refractivity contribution in [2.45, 2.75) is 39.2 Å². The lowest BCUT2D eigenvalue weighted by atomic mass is 9.93. The Morgan fingerprint density at radius 3 is 2.50 bits per heavy atom. The van der Waals surface area contributed by atoms with Gasteiger partial charge in [-0.05, 0) is 58.3 Å². The quantitative estimate of drug-likeness (QED) is 0.915. The maximum absolute atomic E-state index is 12.1. The van der Waals surface area contributed by atoms with Gasteiger partial charge in [0.2, 0.25) is 5.91 Å². The molecule has 3 nitrogen and oxygen atoms in total. The van der Waals surface area contributed by atoms with E-state index in [1.165, 1.54) is 11.1 Å². The van der Waals surface area contributed by atoms with Crippen LogP contribution in [-0.4, -0.2) is 30.9 Å². The number of rotatable bonds is 4. The molecule has 1 saturated heterocycles. The van der Waals surface area contributed by atoms with Gasteiger partial charge in [-0.2, -0.15) is 0 Å². The molecule has 1 amide bonds. The van der Waals surface area contributed by atoms with Crippen LogP contribution < -0.4 is 5.32 Å². The fourth-order valence-corrected chi connectivity index (χ4v) is 2.77. The molecule has 0 spiro atoms. The molecule has 3 heteroatoms. The number of benzene rings is 1. The Hall–Kier alpha value is -1.35. The molecule has 1 unspecified atom stereocenters. The lowest BCUT2D eigenvalue weighted by molar-refractivity contribution is -0.123. The lowest BCUT2D eigenvalue weighted by Crippen LogP contribution is -2.34. The van der Waals surface area contributed by atoms with Crippen molar-refractivity contribution >= 4 is 5.91 Å². The van der Waals surface area contributed by atoms with Crippen LogP contribution in [0, 0.1) is 12.8 Å². The summed E-state index contributed by atoms with van der Waals surface area (Å²) in [5.41, 5.74) is 2.42. The fourth-order valence-electron chi connectivity index (χ4n) is 2.77. The van der Waals surface area contributed by atoms with E-state index in [0.717, 1.165) is 25.9 Å². The van der Waals surface area contributed by atoms with Crippen LogP contribution in [0.2, 0.25) is 0 Å². The van der Waals surface area contributed by atoms with Crippen molar-refractivity contribution in [1.82, 2.24) is 10.2 Å². The van der Waals surface area contributed by atoms with Crippen LogP contribution in [0.25, 0.3) is 0 Å². The molecule has 1 aliphatic heterocycles. The zero-order valence-corrected chi connectivity index (χ0v) is 12.9. The smallest absolute Gasteiger partial charge is 0.220 e. The van der Waals surface area contributed by atoms with Crippen LogP contribution in [0.1, 0.15) is 43.4 Å². The first-order valence-corrected chi connectivity index (χ1v) is 7.59. The number of aryl methyl sites for hydroxylation is 1. The molecule has 1 aromatic rings. The lowest BCUT2D eigenvalue weighted by Gasteiger charge is -2.28. The number of nitrogens with zero attached hydrogens (tertiary/aromatic N) is 1. The molecule has 2 rings (SSSR count). The summed E-state index contributed by atoms with van der Waals surface area (Å²) in [6.07, 6.45) is 2.95. The third kappa shape index (κ3) is 4.34. The second kappa shape index (κ2) is 6.89. The maximum atomic E-state index is 12.1. The predicted octanol–water partition coefficient (Wildman–Crippen LogP) is 2.90. The van der Waals surface area contributed by atoms with E-state index in [4.69, 9.17) is 0 Å². The highest BCUT2D eigenvalue weighted by molar-refractivity contribution is 5.76. The highest BCUT2D eigenvalue weighted by atomic mass is 16.1. The van der Waals surface area contributed by atoms with Gasteiger partial charge in [0.25, 0.3) is 0 Å². The number of carbonyl (C=O) groups excluding carboxylic acids is 1. The second-order valence-electron chi connectivity index (χ2n) is 6.15. The average molecular weight is 274 g/mol. The van der Waals surface area contributed by atoms with Crippen molar-refractivity contribution in [2.24, 2.45) is 5.92 Å². The molecule has 1 aliphatic rings. The first-order chi connectivity index (χ1) is 9.54. The topological polar surface area (TPSA) is 32.3 Å². The summed E-state index contributed by atoms with van der Waals surface area (Å²) in [6.45, 7) is 6.36. The van der Waals surface area contributed by atoms with Gasteiger partial charge in [-0.1, -0.05) is 29.8 Å². The highest BCUT2D eigenvalue weighted by Gasteiger charge is 2.20. The maximum Gasteiger partial charge on any atom is 0.220 e. The zero-order chi connectivity index (χ0) is 14.5. The molecule has 1 aromatic carbocycles. The number of hydrogen-bond donors (Lipinski definition) is 1. The van der Waals surface area contributed by atoms with Gasteiger partial charge in [-0.15, -0.1) is 0 Å². The third-order valence-electron chi connectivity index (χ3n) is 4.27. The summed E-state index contributed by atoms with van der Waals surface area (Å²) in [5.74, 6) is 0.740. The Labute approximate surface area is 122 Å². The minimum absolute atomic E-state index is 0.0920. The molecule has 0 saturated carbocycles. The van der Waals surface area contributed by atoms with Crippen LogP contribution in [0.4, 0.5) is 0 Å². The van der Waals surface area contributed by atoms with Gasteiger partial charge < -0.3 is 10.2 Å². The Bertz CT molecular complexity index is 433. The highest BCUT2D eigenvalue weighted by Crippen LogP contribution is 2.20. The van der Waals surface area contributed by atoms with Crippen LogP contribution in [0.15, 0.2) is 24.3 Å². The summed E-state index contributed by atoms with van der Waals surface area (Å²) < 4.78 is 0. The van der Waals surface area contributed by atoms with Crippen LogP contribution >= 0.6 is 0 Å². The van der Waals surface area contributed by atoms with E-state index in [9.17, 15) is 4.79 Å². The molecular formula is C17H26N2O. The van der Waals surface area contributed by atoms with Crippen LogP contribution in [-0.2, 0) is 4.79 Å². The number of carbonyl (C=O) groups is 1. The van der Waals surface area contributed by atoms with E-state index in [0.29, 0.717) is 12.3 Å². The fraction of sp³-hybridized carbons (Fsp3) is 0.588. The summed E-state index contributed by atoms with van der Waals surface area (Å²) in [4.78, 5) is 14.5. The van der Waals surface area contributed by atoms with Gasteiger partial charge in [0.1, 0.15) is 0 Å². The van der Waals surface area contributed by atoms with Crippen molar-refractivity contribution in [2.75, 3.05) is 20.1 Å². The Kier molecular flexibility index (Phi) is 5.18. The van der Waals surface area contributed by atoms with Gasteiger partial charge >= 0.3 is 0 Å². The third-order valence-corrected chi connectivity index (χ3v) is 4.27. The average Bonchev–Trinajstić information content (AvgIpc) is 2.42. The molecule has 20 heavy (non-hydrogen) atoms. The van der Waals surface area contributed by atoms with E-state index in [1.54, 1.807) is 0 Å². The second-order valence-corrected chi connectivity index (χ2v) is 6.15. The summed E-state index contributed by atoms with van der Waals surface area (Å²) in [7, 11) is 2.15. The van der Waals surface area contributed by atoms with Crippen molar-refractivity contribution in [3.63, 3.8) is 0 Å². The summed E-state index contributed by atoms with van der Waals surface area (Å²) in [6, 6.07) is 8.46. The Morgan fingerprint density at radius 2 is 1.90 bits per heavy atom. The van der Waals surface area contributed by atoms with Gasteiger partial charge in [-0.3, -0.25) is 4.79 Å². The number of hydrogen-bond acceptors (Lipinski definition) is 2. The minimum Gasteiger partial charge on any atom is -0.350 e. The number of amides is 1. The van der Waals surface area contributed by atoms with E-state index in [-0.39, 0.29) is 11.9 Å². The SMILES string of the molecule is Cc1ccc(C(C)NC(=O)CC2CCN(C)CC2)cc1. The van der Waals surface area contributed by atoms with Crippen molar-refractivity contribution in [3.8, 4) is 0 Å². The van der Waals surface area contributed by atoms with Gasteiger partial charge in [0.05, 0.1) is 6.04 Å². The van der Waals surface area contributed by atoms with Crippen LogP contribution in [0.3, 0.4) is 0 Å². The molecule has 110 valence electrons. The number of nitrogens with one attached hydrogen (secondary N) is 1. The van der Waals surface area contributed by atoms with Crippen molar-refractivity contribution in [3.05, 3.63) is 35.4 Å². The molecule has 0 bridgehead atoms. The number of likely N-dealkylation sites (tertiary alicyclic amines) is 1. The zero-order valence-electron chi connectivity index (χ0n) is 12.9. The largest absolute Gasteiger partial charge is 0.350 e. The Morgan fingerprint density at radius 1 is 1.30 bits per heavy atom. The first kappa shape index (κ1) is 15.0. The minimum atomic E-state index is 0.0920. The number of piperidine rings is 1. The monoisotopic (exact) mass is 274 g/mol. The predicted molar refractivity (Wildman–Crippen MR) is 82.6 cm³/mol. The summed E-state index contributed by atoms with van der Waals surface area (Å²) >= 11 is 0. The van der Waals surface area contributed by atoms with Crippen molar-refractivity contribution < 1.29 is 4.79 Å². The van der Waals surface area contributed by atoms with E-state index in [1.807, 2.05) is 0 Å². The van der Waals surface area contributed by atoms with Crippen LogP contribution in [0.5, 0.6) is 0 Å². The molecule has 1 heterocycles. The summed E-state index contributed by atoms with van der Waals surface area (Å²) in [5, 5.41) is 3.12. The molecule has 0 aromatic heterocycles. The first-order valence-electron chi connectivity index (χ1n) is 7.59. The molecule has 0 radical (unpaired) electrons. The van der Waals surface area contributed by atoms with Gasteiger partial charge in [0.15, 0.2) is 0 Å². The Balaban J connectivity index is 1.80.